The molecule has 0 atom stereocenters. The Balaban J connectivity index is 2.14. The topological polar surface area (TPSA) is 0 Å². The van der Waals surface area contributed by atoms with Crippen molar-refractivity contribution in [1.29, 1.82) is 0 Å². The maximum atomic E-state index is 2.38. The van der Waals surface area contributed by atoms with Gasteiger partial charge in [-0.2, -0.15) is 0 Å². The highest BCUT2D eigenvalue weighted by Gasteiger charge is 2.11. The molecule has 0 aliphatic heterocycles. The van der Waals surface area contributed by atoms with E-state index in [-0.39, 0.29) is 0 Å². The molecule has 0 saturated heterocycles. The average molecular weight is 262 g/mol. The minimum absolute atomic E-state index is 1.12. The predicted octanol–water partition coefficient (Wildman–Crippen LogP) is 5.92. The summed E-state index contributed by atoms with van der Waals surface area (Å²) >= 11 is 0. The summed E-state index contributed by atoms with van der Waals surface area (Å²) < 4.78 is 0. The third-order valence-corrected chi connectivity index (χ3v) is 4.24. The van der Waals surface area contributed by atoms with Crippen molar-refractivity contribution >= 4 is 16.3 Å². The Morgan fingerprint density at radius 1 is 0.950 bits per heavy atom. The molecule has 0 amide bonds. The Kier molecular flexibility index (Phi) is 3.73. The van der Waals surface area contributed by atoms with Crippen LogP contribution in [0.4, 0.5) is 0 Å². The molecule has 1 aliphatic carbocycles. The molecule has 0 aromatic heterocycles. The van der Waals surface area contributed by atoms with Crippen molar-refractivity contribution in [3.05, 3.63) is 65.3 Å². The molecule has 0 spiro atoms. The van der Waals surface area contributed by atoms with Gasteiger partial charge >= 0.3 is 0 Å². The second-order valence-corrected chi connectivity index (χ2v) is 5.59. The number of hydrogen-bond acceptors (Lipinski definition) is 0. The van der Waals surface area contributed by atoms with Gasteiger partial charge in [0.15, 0.2) is 0 Å². The van der Waals surface area contributed by atoms with Gasteiger partial charge in [0.25, 0.3) is 0 Å². The number of allylic oxidation sites excluding steroid dienone is 4. The van der Waals surface area contributed by atoms with Crippen LogP contribution in [0, 0.1) is 0 Å². The number of hydrogen-bond donors (Lipinski definition) is 0. The molecule has 20 heavy (non-hydrogen) atoms. The highest BCUT2D eigenvalue weighted by molar-refractivity contribution is 5.98. The molecular weight excluding hydrogens is 240 g/mol. The molecule has 102 valence electrons. The zero-order chi connectivity index (χ0) is 13.9. The van der Waals surface area contributed by atoms with E-state index in [1.54, 1.807) is 5.57 Å². The molecule has 2 aromatic carbocycles. The van der Waals surface area contributed by atoms with Crippen LogP contribution < -0.4 is 0 Å². The SMILES string of the molecule is CCCc1ccc(C2=CCC(CC)=C2)c2ccccc12. The monoisotopic (exact) mass is 262 g/mol. The van der Waals surface area contributed by atoms with Gasteiger partial charge in [0.2, 0.25) is 0 Å². The van der Waals surface area contributed by atoms with E-state index < -0.39 is 0 Å². The molecule has 0 N–H and O–H groups in total. The molecule has 0 heteroatoms. The van der Waals surface area contributed by atoms with Gasteiger partial charge in [0, 0.05) is 0 Å². The molecule has 2 aromatic rings. The summed E-state index contributed by atoms with van der Waals surface area (Å²) in [6.45, 7) is 4.49. The van der Waals surface area contributed by atoms with Crippen molar-refractivity contribution in [2.24, 2.45) is 0 Å². The van der Waals surface area contributed by atoms with Crippen LogP contribution in [-0.2, 0) is 6.42 Å². The summed E-state index contributed by atoms with van der Waals surface area (Å²) in [6.07, 6.45) is 9.39. The fourth-order valence-electron chi connectivity index (χ4n) is 3.11. The fraction of sp³-hybridized carbons (Fsp3) is 0.300. The Hall–Kier alpha value is -1.82. The summed E-state index contributed by atoms with van der Waals surface area (Å²) in [4.78, 5) is 0. The van der Waals surface area contributed by atoms with Crippen LogP contribution in [-0.4, -0.2) is 0 Å². The van der Waals surface area contributed by atoms with Crippen LogP contribution in [0.5, 0.6) is 0 Å². The third-order valence-electron chi connectivity index (χ3n) is 4.24. The van der Waals surface area contributed by atoms with E-state index in [4.69, 9.17) is 0 Å². The van der Waals surface area contributed by atoms with Gasteiger partial charge in [-0.05, 0) is 46.7 Å². The maximum Gasteiger partial charge on any atom is -0.0103 e. The lowest BCUT2D eigenvalue weighted by molar-refractivity contribution is 0.929. The molecule has 1 aliphatic rings. The minimum atomic E-state index is 1.12. The molecule has 3 rings (SSSR count). The van der Waals surface area contributed by atoms with Crippen LogP contribution in [0.3, 0.4) is 0 Å². The zero-order valence-corrected chi connectivity index (χ0v) is 12.4. The van der Waals surface area contributed by atoms with Crippen LogP contribution in [0.25, 0.3) is 16.3 Å². The molecule has 0 fully saturated rings. The summed E-state index contributed by atoms with van der Waals surface area (Å²) in [7, 11) is 0. The van der Waals surface area contributed by atoms with Crippen LogP contribution in [0.2, 0.25) is 0 Å². The standard InChI is InChI=1S/C20H22/c1-3-7-16-12-13-19(17-11-10-15(4-2)14-17)20-9-6-5-8-18(16)20/h5-6,8-9,11-14H,3-4,7,10H2,1-2H3. The summed E-state index contributed by atoms with van der Waals surface area (Å²) in [5, 5.41) is 2.82. The molecular formula is C20H22. The van der Waals surface area contributed by atoms with Gasteiger partial charge < -0.3 is 0 Å². The van der Waals surface area contributed by atoms with E-state index in [1.165, 1.54) is 33.9 Å². The number of fused-ring (bicyclic) bond motifs is 1. The van der Waals surface area contributed by atoms with E-state index in [0.29, 0.717) is 0 Å². The minimum Gasteiger partial charge on any atom is -0.0726 e. The first-order chi connectivity index (χ1) is 9.83. The molecule has 0 bridgehead atoms. The smallest absolute Gasteiger partial charge is 0.0103 e. The van der Waals surface area contributed by atoms with Crippen molar-refractivity contribution in [2.45, 2.75) is 39.5 Å². The lowest BCUT2D eigenvalue weighted by Gasteiger charge is -2.11. The van der Waals surface area contributed by atoms with Gasteiger partial charge in [-0.1, -0.05) is 74.4 Å². The van der Waals surface area contributed by atoms with Crippen molar-refractivity contribution in [2.75, 3.05) is 0 Å². The highest BCUT2D eigenvalue weighted by atomic mass is 14.2. The third kappa shape index (κ3) is 2.31. The fourth-order valence-corrected chi connectivity index (χ4v) is 3.11. The largest absolute Gasteiger partial charge is 0.0726 e. The lowest BCUT2D eigenvalue weighted by Crippen LogP contribution is -1.90. The number of rotatable bonds is 4. The Morgan fingerprint density at radius 3 is 2.45 bits per heavy atom. The van der Waals surface area contributed by atoms with Crippen molar-refractivity contribution in [3.8, 4) is 0 Å². The van der Waals surface area contributed by atoms with Gasteiger partial charge in [-0.25, -0.2) is 0 Å². The number of benzene rings is 2. The van der Waals surface area contributed by atoms with Crippen molar-refractivity contribution in [3.63, 3.8) is 0 Å². The molecule has 0 heterocycles. The van der Waals surface area contributed by atoms with Crippen molar-refractivity contribution < 1.29 is 0 Å². The maximum absolute atomic E-state index is 2.38. The quantitative estimate of drug-likeness (QED) is 0.642. The molecule has 0 nitrogen and oxygen atoms in total. The first kappa shape index (κ1) is 13.2. The van der Waals surface area contributed by atoms with Crippen molar-refractivity contribution in [1.82, 2.24) is 0 Å². The lowest BCUT2D eigenvalue weighted by atomic mass is 9.93. The second kappa shape index (κ2) is 5.66. The number of aryl methyl sites for hydroxylation is 1. The van der Waals surface area contributed by atoms with Gasteiger partial charge in [0.05, 0.1) is 0 Å². The van der Waals surface area contributed by atoms with E-state index in [0.717, 1.165) is 19.3 Å². The molecule has 0 saturated carbocycles. The predicted molar refractivity (Wildman–Crippen MR) is 88.9 cm³/mol. The first-order valence-corrected chi connectivity index (χ1v) is 7.74. The first-order valence-electron chi connectivity index (χ1n) is 7.74. The van der Waals surface area contributed by atoms with Gasteiger partial charge in [-0.15, -0.1) is 0 Å². The van der Waals surface area contributed by atoms with E-state index in [1.807, 2.05) is 0 Å². The van der Waals surface area contributed by atoms with Crippen LogP contribution in [0.1, 0.15) is 44.2 Å². The zero-order valence-electron chi connectivity index (χ0n) is 12.4. The Morgan fingerprint density at radius 2 is 1.75 bits per heavy atom. The van der Waals surface area contributed by atoms with E-state index in [2.05, 4.69) is 62.4 Å². The second-order valence-electron chi connectivity index (χ2n) is 5.59. The highest BCUT2D eigenvalue weighted by Crippen LogP contribution is 2.33. The summed E-state index contributed by atoms with van der Waals surface area (Å²) in [5.74, 6) is 0. The van der Waals surface area contributed by atoms with E-state index in [9.17, 15) is 0 Å². The molecule has 0 unspecified atom stereocenters. The van der Waals surface area contributed by atoms with Crippen LogP contribution in [0.15, 0.2) is 54.1 Å². The van der Waals surface area contributed by atoms with Gasteiger partial charge in [-0.3, -0.25) is 0 Å². The van der Waals surface area contributed by atoms with Crippen LogP contribution >= 0.6 is 0 Å². The Labute approximate surface area is 121 Å². The van der Waals surface area contributed by atoms with Gasteiger partial charge in [0.1, 0.15) is 0 Å². The Bertz CT molecular complexity index is 686. The average Bonchev–Trinajstić information content (AvgIpc) is 2.97. The van der Waals surface area contributed by atoms with E-state index >= 15 is 0 Å². The summed E-state index contributed by atoms with van der Waals surface area (Å²) in [5.41, 5.74) is 5.82. The normalized spacial score (nSPS) is 14.5. The summed E-state index contributed by atoms with van der Waals surface area (Å²) in [6, 6.07) is 13.5. The molecule has 0 radical (unpaired) electrons.